The van der Waals surface area contributed by atoms with Gasteiger partial charge < -0.3 is 14.6 Å². The number of methoxy groups -OCH3 is 1. The Hall–Kier alpha value is -2.04. The molecule has 84 valence electrons. The molecule has 5 heteroatoms. The number of hydrogen-bond acceptors (Lipinski definition) is 5. The number of aromatic hydroxyl groups is 1. The molecule has 1 N–H and O–H groups in total. The second-order valence-corrected chi connectivity index (χ2v) is 3.33. The summed E-state index contributed by atoms with van der Waals surface area (Å²) in [5.74, 6) is 0.163. The van der Waals surface area contributed by atoms with Gasteiger partial charge in [-0.05, 0) is 24.3 Å². The van der Waals surface area contributed by atoms with E-state index in [0.717, 1.165) is 5.56 Å². The standard InChI is InChI=1S/C11H11NO4/c1-15-11(14)9-6-16-10(12-9)7-2-4-8(13)5-3-7/h2-5,9,13H,6H2,1H3/t9-/m0/s1. The fraction of sp³-hybridized carbons (Fsp3) is 0.273. The van der Waals surface area contributed by atoms with Crippen LogP contribution in [-0.2, 0) is 14.3 Å². The van der Waals surface area contributed by atoms with Crippen molar-refractivity contribution in [3.63, 3.8) is 0 Å². The monoisotopic (exact) mass is 221 g/mol. The van der Waals surface area contributed by atoms with Crippen LogP contribution in [0.4, 0.5) is 0 Å². The molecule has 0 saturated carbocycles. The van der Waals surface area contributed by atoms with Gasteiger partial charge >= 0.3 is 5.97 Å². The maximum Gasteiger partial charge on any atom is 0.334 e. The fourth-order valence-electron chi connectivity index (χ4n) is 1.39. The number of hydrogen-bond donors (Lipinski definition) is 1. The molecular formula is C11H11NO4. The molecule has 1 heterocycles. The van der Waals surface area contributed by atoms with Crippen LogP contribution in [0.2, 0.25) is 0 Å². The Morgan fingerprint density at radius 3 is 2.81 bits per heavy atom. The lowest BCUT2D eigenvalue weighted by atomic mass is 10.2. The van der Waals surface area contributed by atoms with Gasteiger partial charge in [-0.25, -0.2) is 9.79 Å². The molecule has 16 heavy (non-hydrogen) atoms. The molecule has 2 rings (SSSR count). The summed E-state index contributed by atoms with van der Waals surface area (Å²) in [7, 11) is 1.32. The highest BCUT2D eigenvalue weighted by Crippen LogP contribution is 2.15. The Bertz CT molecular complexity index is 424. The first kappa shape index (κ1) is 10.5. The molecule has 1 aromatic rings. The lowest BCUT2D eigenvalue weighted by Gasteiger charge is -2.00. The van der Waals surface area contributed by atoms with Crippen LogP contribution in [0.1, 0.15) is 5.56 Å². The average molecular weight is 221 g/mol. The number of benzene rings is 1. The molecule has 0 aliphatic carbocycles. The maximum absolute atomic E-state index is 11.2. The third-order valence-corrected chi connectivity index (χ3v) is 2.24. The summed E-state index contributed by atoms with van der Waals surface area (Å²) in [4.78, 5) is 15.3. The molecule has 5 nitrogen and oxygen atoms in total. The van der Waals surface area contributed by atoms with Gasteiger partial charge in [-0.3, -0.25) is 0 Å². The van der Waals surface area contributed by atoms with E-state index in [9.17, 15) is 4.79 Å². The maximum atomic E-state index is 11.2. The first-order valence-corrected chi connectivity index (χ1v) is 4.78. The van der Waals surface area contributed by atoms with Gasteiger partial charge in [0, 0.05) is 5.56 Å². The van der Waals surface area contributed by atoms with Gasteiger partial charge in [0.25, 0.3) is 0 Å². The van der Waals surface area contributed by atoms with Crippen molar-refractivity contribution < 1.29 is 19.4 Å². The summed E-state index contributed by atoms with van der Waals surface area (Å²) < 4.78 is 9.85. The summed E-state index contributed by atoms with van der Waals surface area (Å²) in [6.07, 6.45) is 0. The van der Waals surface area contributed by atoms with E-state index in [1.807, 2.05) is 0 Å². The van der Waals surface area contributed by atoms with Crippen LogP contribution in [0, 0.1) is 0 Å². The van der Waals surface area contributed by atoms with Crippen molar-refractivity contribution in [3.8, 4) is 5.75 Å². The highest BCUT2D eigenvalue weighted by molar-refractivity contribution is 5.97. The van der Waals surface area contributed by atoms with Crippen LogP contribution in [0.5, 0.6) is 5.75 Å². The van der Waals surface area contributed by atoms with Crippen LogP contribution in [0.15, 0.2) is 29.3 Å². The number of rotatable bonds is 2. The molecule has 0 bridgehead atoms. The average Bonchev–Trinajstić information content (AvgIpc) is 2.78. The van der Waals surface area contributed by atoms with Gasteiger partial charge in [0.2, 0.25) is 5.90 Å². The Morgan fingerprint density at radius 1 is 1.50 bits per heavy atom. The highest BCUT2D eigenvalue weighted by atomic mass is 16.5. The van der Waals surface area contributed by atoms with Gasteiger partial charge in [0.15, 0.2) is 6.04 Å². The second kappa shape index (κ2) is 4.22. The van der Waals surface area contributed by atoms with Gasteiger partial charge in [-0.2, -0.15) is 0 Å². The molecule has 0 saturated heterocycles. The minimum Gasteiger partial charge on any atom is -0.508 e. The molecule has 1 atom stereocenters. The van der Waals surface area contributed by atoms with Crippen molar-refractivity contribution >= 4 is 11.9 Å². The summed E-state index contributed by atoms with van der Waals surface area (Å²) in [6, 6.07) is 5.83. The summed E-state index contributed by atoms with van der Waals surface area (Å²) in [5, 5.41) is 9.12. The Balaban J connectivity index is 2.17. The summed E-state index contributed by atoms with van der Waals surface area (Å²) in [5.41, 5.74) is 0.726. The number of esters is 1. The van der Waals surface area contributed by atoms with E-state index >= 15 is 0 Å². The number of aliphatic imine (C=N–C) groups is 1. The van der Waals surface area contributed by atoms with Crippen molar-refractivity contribution in [1.29, 1.82) is 0 Å². The number of carbonyl (C=O) groups excluding carboxylic acids is 1. The normalized spacial score (nSPS) is 18.8. The second-order valence-electron chi connectivity index (χ2n) is 3.33. The lowest BCUT2D eigenvalue weighted by Crippen LogP contribution is -2.21. The minimum atomic E-state index is -0.589. The summed E-state index contributed by atoms with van der Waals surface area (Å²) in [6.45, 7) is 0.197. The van der Waals surface area contributed by atoms with E-state index in [4.69, 9.17) is 9.84 Å². The molecular weight excluding hydrogens is 210 g/mol. The van der Waals surface area contributed by atoms with Crippen molar-refractivity contribution in [2.45, 2.75) is 6.04 Å². The number of carbonyl (C=O) groups is 1. The van der Waals surface area contributed by atoms with Crippen LogP contribution in [-0.4, -0.2) is 36.7 Å². The zero-order valence-electron chi connectivity index (χ0n) is 8.71. The van der Waals surface area contributed by atoms with E-state index in [0.29, 0.717) is 5.90 Å². The molecule has 0 spiro atoms. The van der Waals surface area contributed by atoms with Crippen molar-refractivity contribution in [2.24, 2.45) is 4.99 Å². The predicted octanol–water partition coefficient (Wildman–Crippen LogP) is 0.711. The molecule has 0 aromatic heterocycles. The zero-order chi connectivity index (χ0) is 11.5. The SMILES string of the molecule is COC(=O)[C@@H]1COC(c2ccc(O)cc2)=N1. The lowest BCUT2D eigenvalue weighted by molar-refractivity contribution is -0.142. The molecule has 1 aliphatic rings. The Kier molecular flexibility index (Phi) is 2.76. The van der Waals surface area contributed by atoms with E-state index in [-0.39, 0.29) is 12.4 Å². The van der Waals surface area contributed by atoms with Crippen LogP contribution >= 0.6 is 0 Å². The largest absolute Gasteiger partial charge is 0.508 e. The van der Waals surface area contributed by atoms with E-state index in [1.165, 1.54) is 19.2 Å². The number of nitrogens with zero attached hydrogens (tertiary/aromatic N) is 1. The molecule has 0 unspecified atom stereocenters. The predicted molar refractivity (Wildman–Crippen MR) is 56.4 cm³/mol. The third kappa shape index (κ3) is 1.98. The minimum absolute atomic E-state index is 0.173. The molecule has 1 aliphatic heterocycles. The zero-order valence-corrected chi connectivity index (χ0v) is 8.71. The smallest absolute Gasteiger partial charge is 0.334 e. The first-order valence-electron chi connectivity index (χ1n) is 4.78. The number of phenolic OH excluding ortho intramolecular Hbond substituents is 1. The van der Waals surface area contributed by atoms with Gasteiger partial charge in [-0.15, -0.1) is 0 Å². The fourth-order valence-corrected chi connectivity index (χ4v) is 1.39. The van der Waals surface area contributed by atoms with Crippen molar-refractivity contribution in [2.75, 3.05) is 13.7 Å². The quantitative estimate of drug-likeness (QED) is 0.747. The molecule has 0 radical (unpaired) electrons. The molecule has 0 fully saturated rings. The van der Waals surface area contributed by atoms with E-state index in [1.54, 1.807) is 12.1 Å². The van der Waals surface area contributed by atoms with Gasteiger partial charge in [0.05, 0.1) is 7.11 Å². The third-order valence-electron chi connectivity index (χ3n) is 2.24. The number of ether oxygens (including phenoxy) is 2. The first-order chi connectivity index (χ1) is 7.70. The van der Waals surface area contributed by atoms with Gasteiger partial charge in [-0.1, -0.05) is 0 Å². The highest BCUT2D eigenvalue weighted by Gasteiger charge is 2.27. The van der Waals surface area contributed by atoms with Crippen LogP contribution in [0.25, 0.3) is 0 Å². The molecule has 0 amide bonds. The number of phenols is 1. The Labute approximate surface area is 92.3 Å². The topological polar surface area (TPSA) is 68.1 Å². The van der Waals surface area contributed by atoms with Crippen molar-refractivity contribution in [1.82, 2.24) is 0 Å². The van der Waals surface area contributed by atoms with E-state index in [2.05, 4.69) is 9.73 Å². The van der Waals surface area contributed by atoms with E-state index < -0.39 is 12.0 Å². The molecule has 1 aromatic carbocycles. The summed E-state index contributed by atoms with van der Waals surface area (Å²) >= 11 is 0. The van der Waals surface area contributed by atoms with Crippen LogP contribution < -0.4 is 0 Å². The Morgan fingerprint density at radius 2 is 2.19 bits per heavy atom. The van der Waals surface area contributed by atoms with Crippen molar-refractivity contribution in [3.05, 3.63) is 29.8 Å². The van der Waals surface area contributed by atoms with Crippen LogP contribution in [0.3, 0.4) is 0 Å². The van der Waals surface area contributed by atoms with Gasteiger partial charge in [0.1, 0.15) is 12.4 Å².